The van der Waals surface area contributed by atoms with Crippen LogP contribution in [0.2, 0.25) is 0 Å². The molecule has 1 amide bonds. The van der Waals surface area contributed by atoms with Crippen LogP contribution in [0.5, 0.6) is 0 Å². The topological polar surface area (TPSA) is 148 Å². The Morgan fingerprint density at radius 3 is 1.63 bits per heavy atom. The number of carbonyl (C=O) groups is 2. The van der Waals surface area contributed by atoms with Crippen molar-refractivity contribution in [3.63, 3.8) is 0 Å². The van der Waals surface area contributed by atoms with E-state index in [2.05, 4.69) is 9.97 Å². The predicted molar refractivity (Wildman–Crippen MR) is 126 cm³/mol. The summed E-state index contributed by atoms with van der Waals surface area (Å²) in [7, 11) is -2.41. The Bertz CT molecular complexity index is 1350. The first-order chi connectivity index (χ1) is 16.4. The molecular formula is C20H25N7O6S2. The summed E-state index contributed by atoms with van der Waals surface area (Å²) in [6, 6.07) is 5.83. The Hall–Kier alpha value is -3.40. The van der Waals surface area contributed by atoms with Gasteiger partial charge in [-0.05, 0) is 12.1 Å². The maximum absolute atomic E-state index is 13.4. The predicted octanol–water partition coefficient (Wildman–Crippen LogP) is 0.0437. The van der Waals surface area contributed by atoms with Gasteiger partial charge in [0.25, 0.3) is 5.91 Å². The number of aldehydes is 1. The van der Waals surface area contributed by atoms with Crippen LogP contribution in [-0.2, 0) is 33.5 Å². The summed E-state index contributed by atoms with van der Waals surface area (Å²) in [5, 5.41) is 0. The third kappa shape index (κ3) is 5.32. The van der Waals surface area contributed by atoms with Gasteiger partial charge in [-0.2, -0.15) is 25.4 Å². The smallest absolute Gasteiger partial charge is 0.308 e. The summed E-state index contributed by atoms with van der Waals surface area (Å²) in [5.74, 6) is -0.480. The first kappa shape index (κ1) is 26.2. The molecule has 0 unspecified atom stereocenters. The van der Waals surface area contributed by atoms with Gasteiger partial charge in [-0.1, -0.05) is 12.1 Å². The highest BCUT2D eigenvalue weighted by Crippen LogP contribution is 2.17. The lowest BCUT2D eigenvalue weighted by Crippen LogP contribution is -2.36. The third-order valence-corrected chi connectivity index (χ3v) is 8.53. The average Bonchev–Trinajstić information content (AvgIpc) is 3.48. The van der Waals surface area contributed by atoms with Crippen LogP contribution in [0.1, 0.15) is 32.4 Å². The zero-order valence-electron chi connectivity index (χ0n) is 19.5. The lowest BCUT2D eigenvalue weighted by molar-refractivity contribution is 0.0719. The van der Waals surface area contributed by atoms with Gasteiger partial charge in [0.1, 0.15) is 17.9 Å². The third-order valence-electron chi connectivity index (χ3n) is 5.03. The number of nitrogens with zero attached hydrogens (tertiary/aromatic N) is 7. The van der Waals surface area contributed by atoms with Gasteiger partial charge in [0, 0.05) is 64.1 Å². The van der Waals surface area contributed by atoms with Crippen LogP contribution >= 0.6 is 0 Å². The highest BCUT2D eigenvalue weighted by atomic mass is 32.2. The second-order valence-corrected chi connectivity index (χ2v) is 11.8. The van der Waals surface area contributed by atoms with Gasteiger partial charge < -0.3 is 4.90 Å². The first-order valence-corrected chi connectivity index (χ1v) is 12.9. The van der Waals surface area contributed by atoms with E-state index in [4.69, 9.17) is 0 Å². The number of carbonyl (C=O) groups excluding carboxylic acids is 2. The van der Waals surface area contributed by atoms with Crippen molar-refractivity contribution in [1.29, 1.82) is 0 Å². The minimum Gasteiger partial charge on any atom is -0.324 e. The molecule has 1 aromatic carbocycles. The molecule has 3 rings (SSSR count). The molecule has 0 atom stereocenters. The SMILES string of the molecule is CN(C)S(=O)(=O)n1ccnc1CN(Cc1nccn1S(=O)(=O)N(C)C)C(=O)c1ccc(C=O)cc1. The van der Waals surface area contributed by atoms with Crippen LogP contribution in [0.3, 0.4) is 0 Å². The fourth-order valence-corrected chi connectivity index (χ4v) is 4.93. The van der Waals surface area contributed by atoms with Crippen LogP contribution in [0.25, 0.3) is 0 Å². The molecule has 188 valence electrons. The van der Waals surface area contributed by atoms with E-state index in [0.717, 1.165) is 16.6 Å². The maximum atomic E-state index is 13.4. The first-order valence-electron chi connectivity index (χ1n) is 10.1. The van der Waals surface area contributed by atoms with Crippen molar-refractivity contribution in [1.82, 2.24) is 31.4 Å². The van der Waals surface area contributed by atoms with Crippen molar-refractivity contribution in [2.24, 2.45) is 0 Å². The van der Waals surface area contributed by atoms with Crippen molar-refractivity contribution >= 4 is 32.6 Å². The van der Waals surface area contributed by atoms with E-state index < -0.39 is 26.3 Å². The van der Waals surface area contributed by atoms with E-state index in [1.807, 2.05) is 0 Å². The molecule has 2 aromatic heterocycles. The van der Waals surface area contributed by atoms with Crippen molar-refractivity contribution < 1.29 is 26.4 Å². The highest BCUT2D eigenvalue weighted by molar-refractivity contribution is 7.87. The van der Waals surface area contributed by atoms with Crippen molar-refractivity contribution in [3.05, 3.63) is 71.8 Å². The summed E-state index contributed by atoms with van der Waals surface area (Å²) in [4.78, 5) is 33.8. The molecule has 0 N–H and O–H groups in total. The molecule has 0 aliphatic carbocycles. The van der Waals surface area contributed by atoms with Crippen molar-refractivity contribution in [2.45, 2.75) is 13.1 Å². The minimum absolute atomic E-state index is 0.0325. The van der Waals surface area contributed by atoms with Gasteiger partial charge >= 0.3 is 20.4 Å². The number of amides is 1. The zero-order chi connectivity index (χ0) is 26.0. The average molecular weight is 524 g/mol. The monoisotopic (exact) mass is 523 g/mol. The normalized spacial score (nSPS) is 12.3. The molecule has 0 saturated heterocycles. The molecule has 0 spiro atoms. The van der Waals surface area contributed by atoms with Crippen molar-refractivity contribution in [3.8, 4) is 0 Å². The van der Waals surface area contributed by atoms with Crippen LogP contribution in [0.4, 0.5) is 0 Å². The number of benzene rings is 1. The van der Waals surface area contributed by atoms with E-state index in [9.17, 15) is 26.4 Å². The Labute approximate surface area is 203 Å². The second kappa shape index (κ2) is 10.1. The molecule has 3 aromatic rings. The molecule has 0 aliphatic rings. The van der Waals surface area contributed by atoms with Gasteiger partial charge in [0.15, 0.2) is 0 Å². The van der Waals surface area contributed by atoms with E-state index >= 15 is 0 Å². The Morgan fingerprint density at radius 2 is 1.26 bits per heavy atom. The summed E-state index contributed by atoms with van der Waals surface area (Å²) in [5.41, 5.74) is 0.575. The standard InChI is InChI=1S/C20H25N7O6S2/c1-23(2)34(30,31)26-11-9-21-18(26)13-25(20(29)17-7-5-16(15-28)6-8-17)14-19-22-10-12-27(19)35(32,33)24(3)4/h5-12,15H,13-14H2,1-4H3. The van der Waals surface area contributed by atoms with Gasteiger partial charge in [-0.3, -0.25) is 9.59 Å². The van der Waals surface area contributed by atoms with E-state index in [1.54, 1.807) is 0 Å². The molecule has 0 bridgehead atoms. The van der Waals surface area contributed by atoms with Gasteiger partial charge in [-0.25, -0.2) is 17.9 Å². The number of rotatable bonds is 10. The van der Waals surface area contributed by atoms with Crippen LogP contribution in [0, 0.1) is 0 Å². The van der Waals surface area contributed by atoms with Gasteiger partial charge in [0.2, 0.25) is 0 Å². The molecule has 13 nitrogen and oxygen atoms in total. The minimum atomic E-state index is -3.93. The molecule has 35 heavy (non-hydrogen) atoms. The van der Waals surface area contributed by atoms with E-state index in [-0.39, 0.29) is 30.3 Å². The molecule has 0 saturated carbocycles. The number of hydrogen-bond donors (Lipinski definition) is 0. The zero-order valence-corrected chi connectivity index (χ0v) is 21.1. The van der Waals surface area contributed by atoms with Crippen LogP contribution in [0.15, 0.2) is 49.1 Å². The van der Waals surface area contributed by atoms with Crippen LogP contribution < -0.4 is 0 Å². The number of imidazole rings is 2. The molecular weight excluding hydrogens is 498 g/mol. The lowest BCUT2D eigenvalue weighted by Gasteiger charge is -2.24. The van der Waals surface area contributed by atoms with Gasteiger partial charge in [-0.15, -0.1) is 0 Å². The Kier molecular flexibility index (Phi) is 7.54. The summed E-state index contributed by atoms with van der Waals surface area (Å²) < 4.78 is 54.6. The fraction of sp³-hybridized carbons (Fsp3) is 0.300. The summed E-state index contributed by atoms with van der Waals surface area (Å²) in [6.07, 6.45) is 5.72. The second-order valence-electron chi connectivity index (χ2n) is 7.76. The Morgan fingerprint density at radius 1 is 0.829 bits per heavy atom. The molecule has 0 aliphatic heterocycles. The largest absolute Gasteiger partial charge is 0.324 e. The van der Waals surface area contributed by atoms with Gasteiger partial charge in [0.05, 0.1) is 13.1 Å². The number of hydrogen-bond acceptors (Lipinski definition) is 8. The number of aromatic nitrogens is 4. The summed E-state index contributed by atoms with van der Waals surface area (Å²) in [6.45, 7) is -0.549. The summed E-state index contributed by atoms with van der Waals surface area (Å²) >= 11 is 0. The maximum Gasteiger partial charge on any atom is 0.308 e. The molecule has 0 fully saturated rings. The fourth-order valence-electron chi connectivity index (χ4n) is 3.07. The van der Waals surface area contributed by atoms with E-state index in [0.29, 0.717) is 11.8 Å². The molecule has 15 heteroatoms. The molecule has 2 heterocycles. The van der Waals surface area contributed by atoms with Crippen LogP contribution in [-0.4, -0.2) is 88.6 Å². The molecule has 0 radical (unpaired) electrons. The highest BCUT2D eigenvalue weighted by Gasteiger charge is 2.27. The van der Waals surface area contributed by atoms with E-state index in [1.165, 1.54) is 82.1 Å². The van der Waals surface area contributed by atoms with Crippen molar-refractivity contribution in [2.75, 3.05) is 28.2 Å². The quantitative estimate of drug-likeness (QED) is 0.339. The Balaban J connectivity index is 2.05. The lowest BCUT2D eigenvalue weighted by atomic mass is 10.1.